The van der Waals surface area contributed by atoms with Gasteiger partial charge >= 0.3 is 30.2 Å². The summed E-state index contributed by atoms with van der Waals surface area (Å²) < 4.78 is 52.4. The summed E-state index contributed by atoms with van der Waals surface area (Å²) in [6.45, 7) is 2.74. The lowest BCUT2D eigenvalue weighted by Crippen LogP contribution is -2.53. The summed E-state index contributed by atoms with van der Waals surface area (Å²) in [5.41, 5.74) is 5.67. The van der Waals surface area contributed by atoms with Crippen molar-refractivity contribution in [3.8, 4) is 0 Å². The number of carbonyl (C=O) groups is 5. The van der Waals surface area contributed by atoms with Gasteiger partial charge in [-0.05, 0) is 74.3 Å². The molecule has 0 aromatic heterocycles. The van der Waals surface area contributed by atoms with Gasteiger partial charge in [0.25, 0.3) is 5.91 Å². The van der Waals surface area contributed by atoms with Crippen LogP contribution < -0.4 is 11.1 Å². The minimum absolute atomic E-state index is 0.0194. The number of nitrogens with zero attached hydrogens (tertiary/aromatic N) is 4. The molecule has 3 saturated heterocycles. The molecular weight excluding hydrogens is 749 g/mol. The van der Waals surface area contributed by atoms with Crippen LogP contribution in [0.3, 0.4) is 0 Å². The second-order valence-corrected chi connectivity index (χ2v) is 14.8. The highest BCUT2D eigenvalue weighted by Gasteiger charge is 2.39. The van der Waals surface area contributed by atoms with Gasteiger partial charge < -0.3 is 40.3 Å². The number of carboxylic acid groups (broad SMARTS) is 1. The second-order valence-electron chi connectivity index (χ2n) is 14.4. The number of para-hydroxylation sites is 1. The second kappa shape index (κ2) is 16.9. The van der Waals surface area contributed by atoms with Crippen molar-refractivity contribution in [2.24, 2.45) is 0 Å². The number of halogens is 4. The number of amides is 4. The largest absolute Gasteiger partial charge is 0.473 e. The number of nitrogens with one attached hydrogen (secondary N) is 1. The average Bonchev–Trinajstić information content (AvgIpc) is 3.33. The van der Waals surface area contributed by atoms with Gasteiger partial charge in [0.05, 0.1) is 16.3 Å². The van der Waals surface area contributed by atoms with Crippen molar-refractivity contribution in [3.05, 3.63) is 58.1 Å². The van der Waals surface area contributed by atoms with Gasteiger partial charge in [0, 0.05) is 70.0 Å². The fraction of sp³-hybridized carbons (Fsp3) is 0.541. The highest BCUT2D eigenvalue weighted by atomic mass is 35.5. The van der Waals surface area contributed by atoms with Gasteiger partial charge in [0.2, 0.25) is 0 Å². The Labute approximate surface area is 320 Å². The van der Waals surface area contributed by atoms with E-state index in [1.165, 1.54) is 11.0 Å². The maximum absolute atomic E-state index is 14.0. The Bertz CT molecular complexity index is 1780. The SMILES string of the molecule is Nc1c(Cl)cc(CC(OC(=O)N2CCC(N3CCc4ccccc4NC3=O)CC2)C(=O)N2CCC(N3CCC(OC(=O)C(=O)O)CC3)CC2)cc1C(F)(F)F. The fourth-order valence-corrected chi connectivity index (χ4v) is 8.17. The number of rotatable bonds is 7. The predicted octanol–water partition coefficient (Wildman–Crippen LogP) is 4.63. The van der Waals surface area contributed by atoms with Gasteiger partial charge in [-0.25, -0.2) is 19.2 Å². The molecule has 2 aromatic rings. The molecule has 55 heavy (non-hydrogen) atoms. The minimum atomic E-state index is -4.81. The van der Waals surface area contributed by atoms with E-state index in [2.05, 4.69) is 10.2 Å². The first-order valence-electron chi connectivity index (χ1n) is 18.4. The molecule has 0 bridgehead atoms. The number of hydrogen-bond acceptors (Lipinski definition) is 9. The van der Waals surface area contributed by atoms with Gasteiger partial charge in [-0.2, -0.15) is 13.2 Å². The molecule has 4 aliphatic heterocycles. The van der Waals surface area contributed by atoms with Crippen LogP contribution in [-0.2, 0) is 42.9 Å². The molecule has 18 heteroatoms. The molecule has 2 aromatic carbocycles. The van der Waals surface area contributed by atoms with E-state index in [1.54, 1.807) is 9.80 Å². The highest BCUT2D eigenvalue weighted by Crippen LogP contribution is 2.38. The molecule has 0 spiro atoms. The zero-order valence-electron chi connectivity index (χ0n) is 30.1. The summed E-state index contributed by atoms with van der Waals surface area (Å²) in [5.74, 6) is -3.48. The van der Waals surface area contributed by atoms with Gasteiger partial charge in [-0.3, -0.25) is 9.69 Å². The smallest absolute Gasteiger partial charge is 0.418 e. The number of ether oxygens (including phenoxy) is 2. The van der Waals surface area contributed by atoms with Crippen molar-refractivity contribution in [2.75, 3.05) is 56.9 Å². The highest BCUT2D eigenvalue weighted by molar-refractivity contribution is 6.33. The van der Waals surface area contributed by atoms with Crippen molar-refractivity contribution in [1.82, 2.24) is 19.6 Å². The van der Waals surface area contributed by atoms with Crippen LogP contribution in [0.15, 0.2) is 36.4 Å². The number of nitrogens with two attached hydrogens (primary N) is 1. The number of hydrogen-bond donors (Lipinski definition) is 3. The van der Waals surface area contributed by atoms with E-state index >= 15 is 0 Å². The maximum atomic E-state index is 14.0. The van der Waals surface area contributed by atoms with E-state index < -0.39 is 53.6 Å². The molecular formula is C37H44ClF3N6O8. The molecule has 4 heterocycles. The van der Waals surface area contributed by atoms with Crippen LogP contribution >= 0.6 is 11.6 Å². The van der Waals surface area contributed by atoms with E-state index in [4.69, 9.17) is 31.9 Å². The van der Waals surface area contributed by atoms with Gasteiger partial charge in [0.15, 0.2) is 6.10 Å². The van der Waals surface area contributed by atoms with Crippen LogP contribution in [0, 0.1) is 0 Å². The molecule has 1 unspecified atom stereocenters. The van der Waals surface area contributed by atoms with Crippen molar-refractivity contribution >= 4 is 52.9 Å². The third-order valence-electron chi connectivity index (χ3n) is 11.0. The van der Waals surface area contributed by atoms with E-state index in [1.807, 2.05) is 24.3 Å². The van der Waals surface area contributed by atoms with Crippen LogP contribution in [0.5, 0.6) is 0 Å². The Morgan fingerprint density at radius 3 is 2.20 bits per heavy atom. The summed E-state index contributed by atoms with van der Waals surface area (Å²) in [7, 11) is 0. The van der Waals surface area contributed by atoms with Crippen LogP contribution in [0.25, 0.3) is 0 Å². The molecule has 14 nitrogen and oxygen atoms in total. The lowest BCUT2D eigenvalue weighted by molar-refractivity contribution is -0.169. The first-order chi connectivity index (χ1) is 26.2. The van der Waals surface area contributed by atoms with Crippen LogP contribution in [0.4, 0.5) is 34.1 Å². The minimum Gasteiger partial charge on any atom is -0.473 e. The van der Waals surface area contributed by atoms with Crippen LogP contribution in [0.1, 0.15) is 55.2 Å². The summed E-state index contributed by atoms with van der Waals surface area (Å²) in [6, 6.07) is 9.39. The molecule has 0 aliphatic carbocycles. The molecule has 298 valence electrons. The van der Waals surface area contributed by atoms with Crippen molar-refractivity contribution in [3.63, 3.8) is 0 Å². The number of carboxylic acids is 1. The maximum Gasteiger partial charge on any atom is 0.418 e. The summed E-state index contributed by atoms with van der Waals surface area (Å²) in [4.78, 5) is 70.0. The predicted molar refractivity (Wildman–Crippen MR) is 193 cm³/mol. The number of likely N-dealkylation sites (tertiary alicyclic amines) is 3. The Morgan fingerprint density at radius 2 is 1.55 bits per heavy atom. The Hall–Kier alpha value is -4.77. The Balaban J connectivity index is 1.09. The topological polar surface area (TPSA) is 175 Å². The molecule has 3 fully saturated rings. The van der Waals surface area contributed by atoms with E-state index in [0.717, 1.165) is 17.3 Å². The molecule has 1 atom stereocenters. The average molecular weight is 793 g/mol. The lowest BCUT2D eigenvalue weighted by atomic mass is 9.97. The monoisotopic (exact) mass is 792 g/mol. The van der Waals surface area contributed by atoms with E-state index in [-0.39, 0.29) is 48.2 Å². The van der Waals surface area contributed by atoms with Gasteiger partial charge in [0.1, 0.15) is 6.10 Å². The first-order valence-corrected chi connectivity index (χ1v) is 18.8. The standard InChI is InChI=1S/C37H44ClF3N6O8/c38-28-20-22(19-27(31(28)42)37(39,40)41)21-30(32(48)45-12-6-24(7-13-45)44-16-10-26(11-17-44)54-34(51)33(49)50)55-36(53)46-14-8-25(9-15-46)47-18-5-23-3-1-2-4-29(23)43-35(47)52/h1-4,19-20,24-26,30H,5-18,21,42H2,(H,43,52)(H,49,50). The molecule has 4 N–H and O–H groups in total. The third kappa shape index (κ3) is 9.55. The number of alkyl halides is 3. The van der Waals surface area contributed by atoms with E-state index in [0.29, 0.717) is 77.7 Å². The number of aliphatic carboxylic acids is 1. The molecule has 4 aliphatic rings. The molecule has 4 amide bonds. The summed E-state index contributed by atoms with van der Waals surface area (Å²) in [6.07, 6.45) is -4.25. The molecule has 6 rings (SSSR count). The number of fused-ring (bicyclic) bond motifs is 1. The normalized spacial score (nSPS) is 19.9. The third-order valence-corrected chi connectivity index (χ3v) is 11.3. The first kappa shape index (κ1) is 39.9. The van der Waals surface area contributed by atoms with Crippen molar-refractivity contribution < 1.29 is 51.7 Å². The Morgan fingerprint density at radius 1 is 0.909 bits per heavy atom. The van der Waals surface area contributed by atoms with Crippen LogP contribution in [-0.4, -0.2) is 125 Å². The van der Waals surface area contributed by atoms with Crippen LogP contribution in [0.2, 0.25) is 5.02 Å². The molecule has 0 radical (unpaired) electrons. The zero-order chi connectivity index (χ0) is 39.4. The van der Waals surface area contributed by atoms with Crippen molar-refractivity contribution in [2.45, 2.75) is 81.8 Å². The quantitative estimate of drug-likeness (QED) is 0.204. The van der Waals surface area contributed by atoms with Crippen molar-refractivity contribution in [1.29, 1.82) is 0 Å². The summed E-state index contributed by atoms with van der Waals surface area (Å²) in [5, 5.41) is 11.4. The number of piperidine rings is 3. The number of carbonyl (C=O) groups excluding carboxylic acids is 4. The Kier molecular flexibility index (Phi) is 12.3. The number of anilines is 2. The number of esters is 1. The van der Waals surface area contributed by atoms with Gasteiger partial charge in [-0.15, -0.1) is 0 Å². The molecule has 0 saturated carbocycles. The zero-order valence-corrected chi connectivity index (χ0v) is 30.8. The number of urea groups is 1. The van der Waals surface area contributed by atoms with E-state index in [9.17, 15) is 37.1 Å². The fourth-order valence-electron chi connectivity index (χ4n) is 7.93. The van der Waals surface area contributed by atoms with Gasteiger partial charge in [-0.1, -0.05) is 29.8 Å². The number of benzene rings is 2. The lowest BCUT2D eigenvalue weighted by Gasteiger charge is -2.42. The number of nitrogen functional groups attached to an aromatic ring is 1. The summed E-state index contributed by atoms with van der Waals surface area (Å²) >= 11 is 6.10.